The number of halogens is 2. The van der Waals surface area contributed by atoms with E-state index in [1.54, 1.807) is 17.4 Å². The van der Waals surface area contributed by atoms with E-state index in [1.807, 2.05) is 19.2 Å². The molecule has 3 nitrogen and oxygen atoms in total. The number of hydrogen-bond acceptors (Lipinski definition) is 4. The van der Waals surface area contributed by atoms with Gasteiger partial charge in [0, 0.05) is 41.6 Å². The minimum atomic E-state index is 0.706. The maximum atomic E-state index is 9.33. The number of hydrogen-bond donors (Lipinski definition) is 1. The largest absolute Gasteiger partial charge is 0.379 e. The van der Waals surface area contributed by atoms with Crippen LogP contribution >= 0.6 is 34.5 Å². The molecule has 2 heterocycles. The summed E-state index contributed by atoms with van der Waals surface area (Å²) in [4.78, 5) is 3.61. The molecule has 1 aromatic carbocycles. The molecule has 0 radical (unpaired) electrons. The van der Waals surface area contributed by atoms with E-state index in [1.165, 1.54) is 10.4 Å². The number of fused-ring (bicyclic) bond motifs is 1. The predicted molar refractivity (Wildman–Crippen MR) is 92.9 cm³/mol. The van der Waals surface area contributed by atoms with Crippen LogP contribution in [0.25, 0.3) is 0 Å². The van der Waals surface area contributed by atoms with Crippen LogP contribution in [-0.4, -0.2) is 18.5 Å². The Morgan fingerprint density at radius 2 is 2.23 bits per heavy atom. The first-order chi connectivity index (χ1) is 10.6. The Labute approximate surface area is 144 Å². The number of rotatable bonds is 3. The van der Waals surface area contributed by atoms with Gasteiger partial charge in [-0.25, -0.2) is 0 Å². The zero-order chi connectivity index (χ0) is 15.7. The standard InChI is InChI=1S/C16H15Cl2N3S/c1-20-16-13(7-19)12-4-5-21(9-15(12)22-16)8-10-6-11(17)2-3-14(10)18/h2-3,6,20H,4-5,8-9H2,1H3. The van der Waals surface area contributed by atoms with Gasteiger partial charge in [0.15, 0.2) is 0 Å². The van der Waals surface area contributed by atoms with Crippen LogP contribution in [0, 0.1) is 11.3 Å². The van der Waals surface area contributed by atoms with Crippen molar-refractivity contribution in [3.63, 3.8) is 0 Å². The van der Waals surface area contributed by atoms with Gasteiger partial charge < -0.3 is 5.32 Å². The summed E-state index contributed by atoms with van der Waals surface area (Å²) in [7, 11) is 1.86. The lowest BCUT2D eigenvalue weighted by molar-refractivity contribution is 0.249. The normalized spacial score (nSPS) is 14.5. The third-order valence-corrected chi connectivity index (χ3v) is 5.71. The predicted octanol–water partition coefficient (Wildman–Crippen LogP) is 4.53. The molecule has 0 aliphatic carbocycles. The minimum absolute atomic E-state index is 0.706. The van der Waals surface area contributed by atoms with Crippen LogP contribution in [0.4, 0.5) is 5.00 Å². The quantitative estimate of drug-likeness (QED) is 0.882. The van der Waals surface area contributed by atoms with Gasteiger partial charge in [-0.3, -0.25) is 4.90 Å². The van der Waals surface area contributed by atoms with Gasteiger partial charge >= 0.3 is 0 Å². The Bertz CT molecular complexity index is 749. The van der Waals surface area contributed by atoms with Gasteiger partial charge in [-0.05, 0) is 35.7 Å². The molecule has 0 saturated heterocycles. The second-order valence-electron chi connectivity index (χ2n) is 5.27. The third kappa shape index (κ3) is 2.95. The second-order valence-corrected chi connectivity index (χ2v) is 7.21. The van der Waals surface area contributed by atoms with E-state index in [4.69, 9.17) is 23.2 Å². The lowest BCUT2D eigenvalue weighted by Gasteiger charge is -2.27. The molecular weight excluding hydrogens is 337 g/mol. The van der Waals surface area contributed by atoms with Crippen molar-refractivity contribution in [3.05, 3.63) is 49.8 Å². The molecule has 0 amide bonds. The first kappa shape index (κ1) is 15.6. The number of anilines is 1. The van der Waals surface area contributed by atoms with Gasteiger partial charge in [0.25, 0.3) is 0 Å². The van der Waals surface area contributed by atoms with E-state index >= 15 is 0 Å². The highest BCUT2D eigenvalue weighted by Gasteiger charge is 2.24. The molecule has 1 N–H and O–H groups in total. The van der Waals surface area contributed by atoms with Crippen molar-refractivity contribution in [2.45, 2.75) is 19.5 Å². The smallest absolute Gasteiger partial charge is 0.107 e. The van der Waals surface area contributed by atoms with E-state index in [-0.39, 0.29) is 0 Å². The van der Waals surface area contributed by atoms with Crippen molar-refractivity contribution >= 4 is 39.5 Å². The molecule has 1 aromatic heterocycles. The summed E-state index contributed by atoms with van der Waals surface area (Å²) in [5.74, 6) is 0. The number of nitriles is 1. The van der Waals surface area contributed by atoms with Gasteiger partial charge in [0.05, 0.1) is 5.56 Å². The van der Waals surface area contributed by atoms with Crippen LogP contribution in [0.5, 0.6) is 0 Å². The van der Waals surface area contributed by atoms with E-state index < -0.39 is 0 Å². The van der Waals surface area contributed by atoms with Crippen molar-refractivity contribution < 1.29 is 0 Å². The molecule has 6 heteroatoms. The molecule has 0 spiro atoms. The monoisotopic (exact) mass is 351 g/mol. The van der Waals surface area contributed by atoms with Crippen molar-refractivity contribution in [1.29, 1.82) is 5.26 Å². The summed E-state index contributed by atoms with van der Waals surface area (Å²) in [6.07, 6.45) is 0.897. The van der Waals surface area contributed by atoms with Crippen molar-refractivity contribution in [2.75, 3.05) is 18.9 Å². The van der Waals surface area contributed by atoms with Gasteiger partial charge in [-0.2, -0.15) is 5.26 Å². The van der Waals surface area contributed by atoms with Crippen LogP contribution in [-0.2, 0) is 19.5 Å². The Hall–Kier alpha value is -1.25. The first-order valence-electron chi connectivity index (χ1n) is 7.01. The summed E-state index contributed by atoms with van der Waals surface area (Å²) >= 11 is 14.0. The van der Waals surface area contributed by atoms with Crippen LogP contribution in [0.15, 0.2) is 18.2 Å². The Morgan fingerprint density at radius 3 is 2.95 bits per heavy atom. The lowest BCUT2D eigenvalue weighted by atomic mass is 10.0. The highest BCUT2D eigenvalue weighted by molar-refractivity contribution is 7.16. The minimum Gasteiger partial charge on any atom is -0.379 e. The zero-order valence-corrected chi connectivity index (χ0v) is 14.4. The van der Waals surface area contributed by atoms with Crippen LogP contribution in [0.1, 0.15) is 21.6 Å². The van der Waals surface area contributed by atoms with Gasteiger partial charge in [0.2, 0.25) is 0 Å². The highest BCUT2D eigenvalue weighted by atomic mass is 35.5. The molecule has 0 saturated carbocycles. The van der Waals surface area contributed by atoms with Crippen LogP contribution in [0.3, 0.4) is 0 Å². The number of thiophene rings is 1. The molecule has 0 unspecified atom stereocenters. The van der Waals surface area contributed by atoms with E-state index in [2.05, 4.69) is 16.3 Å². The Morgan fingerprint density at radius 1 is 1.41 bits per heavy atom. The Balaban J connectivity index is 1.82. The second kappa shape index (κ2) is 6.47. The SMILES string of the molecule is CNc1sc2c(c1C#N)CCN(Cc1cc(Cl)ccc1Cl)C2. The third-order valence-electron chi connectivity index (χ3n) is 3.88. The molecule has 3 rings (SSSR count). The van der Waals surface area contributed by atoms with Gasteiger partial charge in [-0.15, -0.1) is 11.3 Å². The summed E-state index contributed by atoms with van der Waals surface area (Å²) in [5, 5.41) is 14.9. The maximum absolute atomic E-state index is 9.33. The molecule has 1 aliphatic rings. The molecule has 0 bridgehead atoms. The number of nitrogens with zero attached hydrogens (tertiary/aromatic N) is 2. The lowest BCUT2D eigenvalue weighted by Crippen LogP contribution is -2.29. The van der Waals surface area contributed by atoms with Crippen LogP contribution < -0.4 is 5.32 Å². The summed E-state index contributed by atoms with van der Waals surface area (Å²) in [6.45, 7) is 2.54. The zero-order valence-electron chi connectivity index (χ0n) is 12.1. The molecule has 114 valence electrons. The molecule has 1 aliphatic heterocycles. The molecule has 0 fully saturated rings. The fourth-order valence-electron chi connectivity index (χ4n) is 2.79. The van der Waals surface area contributed by atoms with E-state index in [0.717, 1.165) is 47.2 Å². The summed E-state index contributed by atoms with van der Waals surface area (Å²) < 4.78 is 0. The molecule has 2 aromatic rings. The van der Waals surface area contributed by atoms with Crippen LogP contribution in [0.2, 0.25) is 10.0 Å². The molecule has 22 heavy (non-hydrogen) atoms. The average molecular weight is 352 g/mol. The van der Waals surface area contributed by atoms with Gasteiger partial charge in [0.1, 0.15) is 11.1 Å². The fourth-order valence-corrected chi connectivity index (χ4v) is 4.36. The Kier molecular flexibility index (Phi) is 4.60. The van der Waals surface area contributed by atoms with E-state index in [9.17, 15) is 5.26 Å². The van der Waals surface area contributed by atoms with Crippen molar-refractivity contribution in [3.8, 4) is 6.07 Å². The fraction of sp³-hybridized carbons (Fsp3) is 0.312. The van der Waals surface area contributed by atoms with Crippen molar-refractivity contribution in [1.82, 2.24) is 4.90 Å². The molecular formula is C16H15Cl2N3S. The highest BCUT2D eigenvalue weighted by Crippen LogP contribution is 2.37. The van der Waals surface area contributed by atoms with Gasteiger partial charge in [-0.1, -0.05) is 23.2 Å². The number of nitrogens with one attached hydrogen (secondary N) is 1. The van der Waals surface area contributed by atoms with E-state index in [0.29, 0.717) is 5.02 Å². The maximum Gasteiger partial charge on any atom is 0.107 e. The summed E-state index contributed by atoms with van der Waals surface area (Å²) in [6, 6.07) is 7.90. The topological polar surface area (TPSA) is 39.1 Å². The summed E-state index contributed by atoms with van der Waals surface area (Å²) in [5.41, 5.74) is 3.05. The first-order valence-corrected chi connectivity index (χ1v) is 8.58. The number of benzene rings is 1. The average Bonchev–Trinajstić information content (AvgIpc) is 2.87. The molecule has 0 atom stereocenters. The van der Waals surface area contributed by atoms with Crippen molar-refractivity contribution in [2.24, 2.45) is 0 Å².